The molecule has 0 aliphatic heterocycles. The van der Waals surface area contributed by atoms with Crippen molar-refractivity contribution in [2.75, 3.05) is 11.9 Å². The molecule has 0 atom stereocenters. The Labute approximate surface area is 142 Å². The lowest BCUT2D eigenvalue weighted by Gasteiger charge is -2.33. The summed E-state index contributed by atoms with van der Waals surface area (Å²) in [6, 6.07) is 11.3. The monoisotopic (exact) mass is 331 g/mol. The number of hydrogen-bond acceptors (Lipinski definition) is 3. The van der Waals surface area contributed by atoms with Gasteiger partial charge in [0.2, 0.25) is 5.91 Å². The molecule has 2 aromatic rings. The summed E-state index contributed by atoms with van der Waals surface area (Å²) in [5, 5.41) is 6.99. The molecule has 0 aliphatic rings. The van der Waals surface area contributed by atoms with Crippen LogP contribution >= 0.6 is 11.6 Å². The largest absolute Gasteiger partial charge is 0.325 e. The normalized spacial score (nSPS) is 11.3. The Morgan fingerprint density at radius 3 is 2.26 bits per heavy atom. The maximum absolute atomic E-state index is 12.2. The van der Waals surface area contributed by atoms with Gasteiger partial charge in [0.15, 0.2) is 0 Å². The van der Waals surface area contributed by atoms with E-state index >= 15 is 0 Å². The highest BCUT2D eigenvalue weighted by Gasteiger charge is 2.28. The van der Waals surface area contributed by atoms with Crippen molar-refractivity contribution in [3.05, 3.63) is 59.4 Å². The van der Waals surface area contributed by atoms with E-state index in [1.54, 1.807) is 24.5 Å². The molecule has 5 heteroatoms. The molecule has 122 valence electrons. The first kappa shape index (κ1) is 17.4. The number of rotatable bonds is 7. The van der Waals surface area contributed by atoms with Crippen molar-refractivity contribution >= 4 is 23.2 Å². The molecule has 1 amide bonds. The minimum absolute atomic E-state index is 0.0727. The number of halogens is 1. The van der Waals surface area contributed by atoms with Gasteiger partial charge in [0.1, 0.15) is 0 Å². The highest BCUT2D eigenvalue weighted by atomic mass is 35.5. The molecule has 0 unspecified atom stereocenters. The minimum Gasteiger partial charge on any atom is -0.325 e. The fraction of sp³-hybridized carbons (Fsp3) is 0.333. The molecule has 0 radical (unpaired) electrons. The minimum atomic E-state index is -0.236. The van der Waals surface area contributed by atoms with Gasteiger partial charge < -0.3 is 5.32 Å². The molecule has 1 aromatic carbocycles. The van der Waals surface area contributed by atoms with Crippen molar-refractivity contribution in [1.82, 2.24) is 10.3 Å². The van der Waals surface area contributed by atoms with Crippen LogP contribution in [0, 0.1) is 0 Å². The van der Waals surface area contributed by atoms with Crippen molar-refractivity contribution in [3.8, 4) is 0 Å². The van der Waals surface area contributed by atoms with E-state index in [-0.39, 0.29) is 18.0 Å². The second kappa shape index (κ2) is 8.09. The third kappa shape index (κ3) is 4.53. The van der Waals surface area contributed by atoms with Crippen LogP contribution in [0.3, 0.4) is 0 Å². The van der Waals surface area contributed by atoms with E-state index in [1.807, 2.05) is 24.3 Å². The van der Waals surface area contributed by atoms with E-state index in [0.717, 1.165) is 24.1 Å². The molecule has 0 spiro atoms. The molecule has 2 N–H and O–H groups in total. The molecule has 0 saturated carbocycles. The Bertz CT molecular complexity index is 624. The number of aromatic nitrogens is 1. The van der Waals surface area contributed by atoms with Gasteiger partial charge >= 0.3 is 0 Å². The van der Waals surface area contributed by atoms with Crippen LogP contribution in [0.4, 0.5) is 5.69 Å². The highest BCUT2D eigenvalue weighted by Crippen LogP contribution is 2.29. The van der Waals surface area contributed by atoms with Crippen molar-refractivity contribution in [3.63, 3.8) is 0 Å². The van der Waals surface area contributed by atoms with E-state index in [1.165, 1.54) is 0 Å². The van der Waals surface area contributed by atoms with Gasteiger partial charge in [-0.25, -0.2) is 0 Å². The summed E-state index contributed by atoms with van der Waals surface area (Å²) in [5.41, 5.74) is 1.65. The number of carbonyl (C=O) groups is 1. The van der Waals surface area contributed by atoms with Gasteiger partial charge in [0.25, 0.3) is 0 Å². The Hall–Kier alpha value is -1.91. The maximum Gasteiger partial charge on any atom is 0.238 e. The smallest absolute Gasteiger partial charge is 0.238 e. The topological polar surface area (TPSA) is 54.0 Å². The van der Waals surface area contributed by atoms with Gasteiger partial charge in [-0.05, 0) is 42.7 Å². The predicted octanol–water partition coefficient (Wildman–Crippen LogP) is 3.98. The molecule has 1 heterocycles. The zero-order valence-corrected chi connectivity index (χ0v) is 14.2. The second-order valence-electron chi connectivity index (χ2n) is 5.43. The van der Waals surface area contributed by atoms with Crippen molar-refractivity contribution < 1.29 is 4.79 Å². The fourth-order valence-electron chi connectivity index (χ4n) is 2.67. The van der Waals surface area contributed by atoms with Gasteiger partial charge in [-0.2, -0.15) is 0 Å². The summed E-state index contributed by atoms with van der Waals surface area (Å²) < 4.78 is 0. The number of nitrogens with one attached hydrogen (secondary N) is 2. The summed E-state index contributed by atoms with van der Waals surface area (Å²) >= 11 is 5.98. The number of amides is 1. The summed E-state index contributed by atoms with van der Waals surface area (Å²) in [4.78, 5) is 16.1. The molecule has 2 rings (SSSR count). The third-order valence-corrected chi connectivity index (χ3v) is 4.41. The van der Waals surface area contributed by atoms with Crippen LogP contribution in [0.1, 0.15) is 32.3 Å². The number of pyridine rings is 1. The lowest BCUT2D eigenvalue weighted by Crippen LogP contribution is -2.45. The molecule has 0 saturated heterocycles. The number of carbonyl (C=O) groups excluding carboxylic acids is 1. The van der Waals surface area contributed by atoms with Gasteiger partial charge in [0, 0.05) is 28.6 Å². The molecule has 0 bridgehead atoms. The van der Waals surface area contributed by atoms with Gasteiger partial charge in [-0.1, -0.05) is 37.6 Å². The maximum atomic E-state index is 12.2. The molecular weight excluding hydrogens is 310 g/mol. The van der Waals surface area contributed by atoms with Gasteiger partial charge in [-0.15, -0.1) is 0 Å². The summed E-state index contributed by atoms with van der Waals surface area (Å²) in [6.07, 6.45) is 5.07. The molecule has 0 aliphatic carbocycles. The van der Waals surface area contributed by atoms with Crippen LogP contribution in [0.15, 0.2) is 48.8 Å². The summed E-state index contributed by atoms with van der Waals surface area (Å²) in [5.74, 6) is -0.0727. The van der Waals surface area contributed by atoms with E-state index < -0.39 is 0 Å². The zero-order chi connectivity index (χ0) is 16.7. The van der Waals surface area contributed by atoms with E-state index in [0.29, 0.717) is 5.02 Å². The SMILES string of the molecule is CCC(CC)(NCC(=O)Nc1ccncc1)c1ccc(Cl)cc1. The zero-order valence-electron chi connectivity index (χ0n) is 13.5. The Balaban J connectivity index is 2.04. The molecule has 23 heavy (non-hydrogen) atoms. The lowest BCUT2D eigenvalue weighted by atomic mass is 9.84. The van der Waals surface area contributed by atoms with Crippen molar-refractivity contribution in [2.45, 2.75) is 32.2 Å². The van der Waals surface area contributed by atoms with E-state index in [4.69, 9.17) is 11.6 Å². The summed E-state index contributed by atoms with van der Waals surface area (Å²) in [6.45, 7) is 4.48. The first-order valence-electron chi connectivity index (χ1n) is 7.80. The lowest BCUT2D eigenvalue weighted by molar-refractivity contribution is -0.115. The van der Waals surface area contributed by atoms with E-state index in [9.17, 15) is 4.79 Å². The quantitative estimate of drug-likeness (QED) is 0.807. The first-order valence-corrected chi connectivity index (χ1v) is 8.18. The number of anilines is 1. The third-order valence-electron chi connectivity index (χ3n) is 4.16. The van der Waals surface area contributed by atoms with Crippen molar-refractivity contribution in [1.29, 1.82) is 0 Å². The number of benzene rings is 1. The van der Waals surface area contributed by atoms with Gasteiger partial charge in [-0.3, -0.25) is 15.1 Å². The Kier molecular flexibility index (Phi) is 6.13. The number of hydrogen-bond donors (Lipinski definition) is 2. The van der Waals surface area contributed by atoms with Crippen LogP contribution in [0.5, 0.6) is 0 Å². The Morgan fingerprint density at radius 1 is 1.09 bits per heavy atom. The first-order chi connectivity index (χ1) is 11.1. The predicted molar refractivity (Wildman–Crippen MR) is 94.6 cm³/mol. The average molecular weight is 332 g/mol. The van der Waals surface area contributed by atoms with Crippen LogP contribution in [0.2, 0.25) is 5.02 Å². The average Bonchev–Trinajstić information content (AvgIpc) is 2.58. The van der Waals surface area contributed by atoms with Gasteiger partial charge in [0.05, 0.1) is 6.54 Å². The molecule has 1 aromatic heterocycles. The highest BCUT2D eigenvalue weighted by molar-refractivity contribution is 6.30. The van der Waals surface area contributed by atoms with Crippen molar-refractivity contribution in [2.24, 2.45) is 0 Å². The van der Waals surface area contributed by atoms with E-state index in [2.05, 4.69) is 29.5 Å². The van der Waals surface area contributed by atoms with Crippen LogP contribution < -0.4 is 10.6 Å². The standard InChI is InChI=1S/C18H22ClN3O/c1-3-18(4-2,14-5-7-15(19)8-6-14)21-13-17(23)22-16-9-11-20-12-10-16/h5-12,21H,3-4,13H2,1-2H3,(H,20,22,23). The fourth-order valence-corrected chi connectivity index (χ4v) is 2.80. The molecular formula is C18H22ClN3O. The van der Waals surface area contributed by atoms with Crippen LogP contribution in [-0.4, -0.2) is 17.4 Å². The summed E-state index contributed by atoms with van der Waals surface area (Å²) in [7, 11) is 0. The second-order valence-corrected chi connectivity index (χ2v) is 5.87. The number of nitrogens with zero attached hydrogens (tertiary/aromatic N) is 1. The molecule has 0 fully saturated rings. The Morgan fingerprint density at radius 2 is 1.70 bits per heavy atom. The molecule has 4 nitrogen and oxygen atoms in total. The van der Waals surface area contributed by atoms with Crippen LogP contribution in [-0.2, 0) is 10.3 Å². The van der Waals surface area contributed by atoms with Crippen LogP contribution in [0.25, 0.3) is 0 Å².